The van der Waals surface area contributed by atoms with Gasteiger partial charge in [-0.25, -0.2) is 4.79 Å². The van der Waals surface area contributed by atoms with Gasteiger partial charge in [0.25, 0.3) is 0 Å². The summed E-state index contributed by atoms with van der Waals surface area (Å²) in [7, 11) is 0. The number of benzene rings is 2. The number of carbonyl (C=O) groups excluding carboxylic acids is 1. The molecule has 2 aromatic rings. The summed E-state index contributed by atoms with van der Waals surface area (Å²) in [5.74, 6) is 0. The highest BCUT2D eigenvalue weighted by atomic mass is 35.5. The van der Waals surface area contributed by atoms with Gasteiger partial charge in [-0.15, -0.1) is 0 Å². The van der Waals surface area contributed by atoms with E-state index >= 15 is 0 Å². The molecule has 1 aliphatic heterocycles. The zero-order chi connectivity index (χ0) is 21.7. The average Bonchev–Trinajstić information content (AvgIpc) is 3.16. The van der Waals surface area contributed by atoms with Crippen molar-refractivity contribution in [1.29, 1.82) is 0 Å². The number of hydrogen-bond donors (Lipinski definition) is 1. The van der Waals surface area contributed by atoms with Crippen LogP contribution in [0.15, 0.2) is 53.7 Å². The summed E-state index contributed by atoms with van der Waals surface area (Å²) < 4.78 is 38.3. The molecule has 1 heterocycles. The molecule has 0 aromatic heterocycles. The summed E-state index contributed by atoms with van der Waals surface area (Å²) in [5.41, 5.74) is 1.50. The highest BCUT2D eigenvalue weighted by molar-refractivity contribution is 6.30. The third kappa shape index (κ3) is 5.66. The Kier molecular flexibility index (Phi) is 6.87. The van der Waals surface area contributed by atoms with Crippen LogP contribution in [0, 0.1) is 0 Å². The van der Waals surface area contributed by atoms with Gasteiger partial charge in [0.2, 0.25) is 0 Å². The Morgan fingerprint density at radius 3 is 2.47 bits per heavy atom. The fraction of sp³-hybridized carbons (Fsp3) is 0.333. The third-order valence-corrected chi connectivity index (χ3v) is 4.86. The molecule has 1 atom stereocenters. The molecule has 0 spiro atoms. The number of nitrogens with one attached hydrogen (secondary N) is 1. The SMILES string of the molecule is CCNC(=O)N(Cc1ccc(C(F)(F)F)cc1)CC1CC(c2ccc(Cl)cc2)=NO1. The minimum Gasteiger partial charge on any atom is -0.390 e. The standard InChI is InChI=1S/C21H21ClF3N3O2/c1-2-26-20(29)28(12-14-3-7-16(8-4-14)21(23,24)25)13-18-11-19(27-30-18)15-5-9-17(22)10-6-15/h3-10,18H,2,11-13H2,1H3,(H,26,29). The van der Waals surface area contributed by atoms with Crippen LogP contribution in [0.25, 0.3) is 0 Å². The fourth-order valence-electron chi connectivity index (χ4n) is 3.09. The molecule has 1 unspecified atom stereocenters. The summed E-state index contributed by atoms with van der Waals surface area (Å²) in [6.45, 7) is 2.62. The summed E-state index contributed by atoms with van der Waals surface area (Å²) in [4.78, 5) is 19.5. The second-order valence-electron chi connectivity index (χ2n) is 6.89. The summed E-state index contributed by atoms with van der Waals surface area (Å²) in [5, 5.41) is 7.45. The molecule has 0 saturated heterocycles. The Bertz CT molecular complexity index is 899. The first-order valence-corrected chi connectivity index (χ1v) is 9.81. The van der Waals surface area contributed by atoms with Crippen LogP contribution >= 0.6 is 11.6 Å². The van der Waals surface area contributed by atoms with Crippen molar-refractivity contribution in [3.05, 3.63) is 70.2 Å². The number of nitrogens with zero attached hydrogens (tertiary/aromatic N) is 2. The normalized spacial score (nSPS) is 16.0. The molecule has 0 bridgehead atoms. The maximum absolute atomic E-state index is 12.8. The van der Waals surface area contributed by atoms with Crippen LogP contribution < -0.4 is 5.32 Å². The fourth-order valence-corrected chi connectivity index (χ4v) is 3.21. The Morgan fingerprint density at radius 1 is 1.20 bits per heavy atom. The van der Waals surface area contributed by atoms with E-state index in [2.05, 4.69) is 10.5 Å². The molecule has 0 fully saturated rings. The van der Waals surface area contributed by atoms with Gasteiger partial charge >= 0.3 is 12.2 Å². The maximum atomic E-state index is 12.8. The number of carbonyl (C=O) groups is 1. The first-order valence-electron chi connectivity index (χ1n) is 9.43. The lowest BCUT2D eigenvalue weighted by molar-refractivity contribution is -0.137. The third-order valence-electron chi connectivity index (χ3n) is 4.60. The smallest absolute Gasteiger partial charge is 0.390 e. The number of urea groups is 1. The van der Waals surface area contributed by atoms with E-state index in [1.165, 1.54) is 17.0 Å². The Hall–Kier alpha value is -2.74. The quantitative estimate of drug-likeness (QED) is 0.682. The molecule has 5 nitrogen and oxygen atoms in total. The number of oxime groups is 1. The zero-order valence-electron chi connectivity index (χ0n) is 16.2. The van der Waals surface area contributed by atoms with E-state index in [0.717, 1.165) is 23.4 Å². The Labute approximate surface area is 177 Å². The second kappa shape index (κ2) is 9.38. The van der Waals surface area contributed by atoms with Crippen molar-refractivity contribution < 1.29 is 22.8 Å². The van der Waals surface area contributed by atoms with Crippen molar-refractivity contribution in [1.82, 2.24) is 10.2 Å². The lowest BCUT2D eigenvalue weighted by Gasteiger charge is -2.25. The van der Waals surface area contributed by atoms with E-state index in [1.807, 2.05) is 12.1 Å². The van der Waals surface area contributed by atoms with Crippen molar-refractivity contribution in [3.8, 4) is 0 Å². The van der Waals surface area contributed by atoms with Gasteiger partial charge in [0.15, 0.2) is 6.10 Å². The van der Waals surface area contributed by atoms with Crippen molar-refractivity contribution in [2.75, 3.05) is 13.1 Å². The van der Waals surface area contributed by atoms with Gasteiger partial charge in [-0.1, -0.05) is 41.0 Å². The first kappa shape index (κ1) is 22.0. The lowest BCUT2D eigenvalue weighted by atomic mass is 10.0. The van der Waals surface area contributed by atoms with E-state index in [-0.39, 0.29) is 25.2 Å². The zero-order valence-corrected chi connectivity index (χ0v) is 17.0. The van der Waals surface area contributed by atoms with Crippen LogP contribution in [0.1, 0.15) is 30.0 Å². The predicted octanol–water partition coefficient (Wildman–Crippen LogP) is 5.08. The van der Waals surface area contributed by atoms with E-state index in [1.54, 1.807) is 19.1 Å². The Balaban J connectivity index is 1.66. The molecule has 1 aliphatic rings. The van der Waals surface area contributed by atoms with Crippen molar-refractivity contribution in [3.63, 3.8) is 0 Å². The predicted molar refractivity (Wildman–Crippen MR) is 108 cm³/mol. The van der Waals surface area contributed by atoms with Crippen LogP contribution in [-0.2, 0) is 17.6 Å². The molecule has 2 amide bonds. The second-order valence-corrected chi connectivity index (χ2v) is 7.32. The molecule has 9 heteroatoms. The largest absolute Gasteiger partial charge is 0.416 e. The van der Waals surface area contributed by atoms with E-state index < -0.39 is 11.7 Å². The molecule has 1 N–H and O–H groups in total. The topological polar surface area (TPSA) is 53.9 Å². The summed E-state index contributed by atoms with van der Waals surface area (Å²) in [6, 6.07) is 11.7. The maximum Gasteiger partial charge on any atom is 0.416 e. The van der Waals surface area contributed by atoms with Gasteiger partial charge in [0, 0.05) is 24.5 Å². The van der Waals surface area contributed by atoms with Gasteiger partial charge in [-0.2, -0.15) is 13.2 Å². The molecule has 3 rings (SSSR count). The molecule has 160 valence electrons. The van der Waals surface area contributed by atoms with E-state index in [4.69, 9.17) is 16.4 Å². The number of halogens is 4. The molecule has 2 aromatic carbocycles. The van der Waals surface area contributed by atoms with Crippen LogP contribution in [0.5, 0.6) is 0 Å². The first-order chi connectivity index (χ1) is 14.3. The van der Waals surface area contributed by atoms with Gasteiger partial charge in [0.05, 0.1) is 17.8 Å². The lowest BCUT2D eigenvalue weighted by Crippen LogP contribution is -2.43. The van der Waals surface area contributed by atoms with Crippen LogP contribution in [0.3, 0.4) is 0 Å². The van der Waals surface area contributed by atoms with Crippen molar-refractivity contribution in [2.45, 2.75) is 32.2 Å². The molecular formula is C21H21ClF3N3O2. The van der Waals surface area contributed by atoms with Gasteiger partial charge < -0.3 is 15.1 Å². The van der Waals surface area contributed by atoms with Gasteiger partial charge in [-0.05, 0) is 42.3 Å². The van der Waals surface area contributed by atoms with Crippen LogP contribution in [0.4, 0.5) is 18.0 Å². The Morgan fingerprint density at radius 2 is 1.87 bits per heavy atom. The van der Waals surface area contributed by atoms with Crippen molar-refractivity contribution >= 4 is 23.3 Å². The minimum atomic E-state index is -4.40. The van der Waals surface area contributed by atoms with E-state index in [9.17, 15) is 18.0 Å². The van der Waals surface area contributed by atoms with Crippen LogP contribution in [0.2, 0.25) is 5.02 Å². The minimum absolute atomic E-state index is 0.153. The highest BCUT2D eigenvalue weighted by Gasteiger charge is 2.30. The number of alkyl halides is 3. The number of hydrogen-bond acceptors (Lipinski definition) is 3. The molecule has 30 heavy (non-hydrogen) atoms. The van der Waals surface area contributed by atoms with Gasteiger partial charge in [0.1, 0.15) is 0 Å². The molecule has 0 aliphatic carbocycles. The van der Waals surface area contributed by atoms with Crippen LogP contribution in [-0.4, -0.2) is 35.8 Å². The van der Waals surface area contributed by atoms with E-state index in [0.29, 0.717) is 23.6 Å². The molecule has 0 saturated carbocycles. The monoisotopic (exact) mass is 439 g/mol. The summed E-state index contributed by atoms with van der Waals surface area (Å²) in [6.07, 6.45) is -4.25. The molecular weight excluding hydrogens is 419 g/mol. The van der Waals surface area contributed by atoms with Gasteiger partial charge in [-0.3, -0.25) is 0 Å². The number of rotatable bonds is 6. The summed E-state index contributed by atoms with van der Waals surface area (Å²) >= 11 is 5.91. The number of amides is 2. The average molecular weight is 440 g/mol. The molecule has 0 radical (unpaired) electrons. The highest BCUT2D eigenvalue weighted by Crippen LogP contribution is 2.29. The van der Waals surface area contributed by atoms with Crippen molar-refractivity contribution in [2.24, 2.45) is 5.16 Å².